The number of rotatable bonds is 6. The first-order valence-corrected chi connectivity index (χ1v) is 7.74. The van der Waals surface area contributed by atoms with E-state index in [0.717, 1.165) is 12.0 Å². The van der Waals surface area contributed by atoms with E-state index in [1.165, 1.54) is 0 Å². The number of nitrogens with one attached hydrogen (secondary N) is 2. The molecule has 0 saturated heterocycles. The minimum absolute atomic E-state index is 0.103. The summed E-state index contributed by atoms with van der Waals surface area (Å²) in [6.45, 7) is 6.11. The van der Waals surface area contributed by atoms with E-state index in [0.29, 0.717) is 17.9 Å². The highest BCUT2D eigenvalue weighted by Crippen LogP contribution is 2.08. The molecule has 0 fully saturated rings. The van der Waals surface area contributed by atoms with Crippen LogP contribution in [0.1, 0.15) is 52.5 Å². The lowest BCUT2D eigenvalue weighted by molar-refractivity contribution is 0.0920. The summed E-state index contributed by atoms with van der Waals surface area (Å²) in [4.78, 5) is 24.1. The van der Waals surface area contributed by atoms with Crippen LogP contribution >= 0.6 is 0 Å². The second-order valence-electron chi connectivity index (χ2n) is 5.58. The van der Waals surface area contributed by atoms with Crippen molar-refractivity contribution >= 4 is 11.8 Å². The Kier molecular flexibility index (Phi) is 5.57. The van der Waals surface area contributed by atoms with Crippen LogP contribution in [0.3, 0.4) is 0 Å². The van der Waals surface area contributed by atoms with Crippen LogP contribution in [0.4, 0.5) is 0 Å². The topological polar surface area (TPSA) is 71.3 Å². The Morgan fingerprint density at radius 1 is 1.17 bits per heavy atom. The third kappa shape index (κ3) is 4.71. The molecule has 1 aromatic carbocycles. The van der Waals surface area contributed by atoms with Crippen LogP contribution in [0.25, 0.3) is 0 Å². The van der Waals surface area contributed by atoms with Crippen molar-refractivity contribution in [3.63, 3.8) is 0 Å². The van der Waals surface area contributed by atoms with Gasteiger partial charge in [0.25, 0.3) is 11.8 Å². The minimum Gasteiger partial charge on any atom is -0.456 e. The Morgan fingerprint density at radius 2 is 1.96 bits per heavy atom. The fraction of sp³-hybridized carbons (Fsp3) is 0.333. The molecule has 0 spiro atoms. The lowest BCUT2D eigenvalue weighted by Gasteiger charge is -2.12. The van der Waals surface area contributed by atoms with Gasteiger partial charge in [0.1, 0.15) is 5.76 Å². The molecule has 0 bridgehead atoms. The van der Waals surface area contributed by atoms with E-state index in [2.05, 4.69) is 10.6 Å². The number of benzene rings is 1. The number of amides is 2. The largest absolute Gasteiger partial charge is 0.456 e. The van der Waals surface area contributed by atoms with Crippen LogP contribution in [-0.2, 0) is 6.54 Å². The van der Waals surface area contributed by atoms with Crippen molar-refractivity contribution in [2.75, 3.05) is 0 Å². The highest BCUT2D eigenvalue weighted by molar-refractivity contribution is 5.94. The SMILES string of the molecule is CC[C@H](C)NC(=O)c1cccc(CNC(=O)c2ccc(C)o2)c1. The maximum absolute atomic E-state index is 12.1. The second kappa shape index (κ2) is 7.63. The molecule has 122 valence electrons. The summed E-state index contributed by atoms with van der Waals surface area (Å²) in [6.07, 6.45) is 0.879. The van der Waals surface area contributed by atoms with Crippen molar-refractivity contribution in [2.24, 2.45) is 0 Å². The molecule has 0 aliphatic rings. The predicted octanol–water partition coefficient (Wildman–Crippen LogP) is 3.05. The van der Waals surface area contributed by atoms with Gasteiger partial charge < -0.3 is 15.1 Å². The van der Waals surface area contributed by atoms with Crippen molar-refractivity contribution in [3.8, 4) is 0 Å². The van der Waals surface area contributed by atoms with Gasteiger partial charge >= 0.3 is 0 Å². The van der Waals surface area contributed by atoms with Gasteiger partial charge in [-0.3, -0.25) is 9.59 Å². The summed E-state index contributed by atoms with van der Waals surface area (Å²) in [5.74, 6) is 0.605. The number of aryl methyl sites for hydroxylation is 1. The maximum atomic E-state index is 12.1. The Balaban J connectivity index is 1.97. The molecule has 2 aromatic rings. The van der Waals surface area contributed by atoms with Crippen LogP contribution in [-0.4, -0.2) is 17.9 Å². The molecule has 2 rings (SSSR count). The van der Waals surface area contributed by atoms with Crippen LogP contribution in [0.15, 0.2) is 40.8 Å². The number of carbonyl (C=O) groups excluding carboxylic acids is 2. The summed E-state index contributed by atoms with van der Waals surface area (Å²) in [5.41, 5.74) is 1.45. The summed E-state index contributed by atoms with van der Waals surface area (Å²) >= 11 is 0. The van der Waals surface area contributed by atoms with Crippen molar-refractivity contribution in [3.05, 3.63) is 59.0 Å². The van der Waals surface area contributed by atoms with Crippen molar-refractivity contribution in [1.29, 1.82) is 0 Å². The average Bonchev–Trinajstić information content (AvgIpc) is 2.99. The molecular formula is C18H22N2O3. The highest BCUT2D eigenvalue weighted by atomic mass is 16.3. The van der Waals surface area contributed by atoms with E-state index in [9.17, 15) is 9.59 Å². The maximum Gasteiger partial charge on any atom is 0.287 e. The molecule has 0 aliphatic heterocycles. The third-order valence-corrected chi connectivity index (χ3v) is 3.60. The monoisotopic (exact) mass is 314 g/mol. The molecule has 5 nitrogen and oxygen atoms in total. The molecule has 5 heteroatoms. The van der Waals surface area contributed by atoms with Crippen molar-refractivity contribution in [1.82, 2.24) is 10.6 Å². The normalized spacial score (nSPS) is 11.8. The van der Waals surface area contributed by atoms with E-state index in [1.54, 1.807) is 31.2 Å². The van der Waals surface area contributed by atoms with Gasteiger partial charge in [0, 0.05) is 18.2 Å². The molecule has 0 unspecified atom stereocenters. The van der Waals surface area contributed by atoms with E-state index in [1.807, 2.05) is 26.0 Å². The van der Waals surface area contributed by atoms with E-state index in [-0.39, 0.29) is 23.6 Å². The third-order valence-electron chi connectivity index (χ3n) is 3.60. The first kappa shape index (κ1) is 16.8. The number of hydrogen-bond donors (Lipinski definition) is 2. The minimum atomic E-state index is -0.271. The van der Waals surface area contributed by atoms with Gasteiger partial charge in [-0.1, -0.05) is 19.1 Å². The Hall–Kier alpha value is -2.56. The summed E-state index contributed by atoms with van der Waals surface area (Å²) < 4.78 is 5.28. The van der Waals surface area contributed by atoms with Gasteiger partial charge in [-0.25, -0.2) is 0 Å². The van der Waals surface area contributed by atoms with Gasteiger partial charge in [0.05, 0.1) is 0 Å². The van der Waals surface area contributed by atoms with Crippen LogP contribution in [0.2, 0.25) is 0 Å². The van der Waals surface area contributed by atoms with Gasteiger partial charge in [0.15, 0.2) is 5.76 Å². The first-order valence-electron chi connectivity index (χ1n) is 7.74. The lowest BCUT2D eigenvalue weighted by Crippen LogP contribution is -2.32. The highest BCUT2D eigenvalue weighted by Gasteiger charge is 2.11. The predicted molar refractivity (Wildman–Crippen MR) is 88.3 cm³/mol. The van der Waals surface area contributed by atoms with Crippen molar-refractivity contribution < 1.29 is 14.0 Å². The molecule has 1 aromatic heterocycles. The van der Waals surface area contributed by atoms with Crippen LogP contribution in [0.5, 0.6) is 0 Å². The van der Waals surface area contributed by atoms with Crippen LogP contribution in [0, 0.1) is 6.92 Å². The van der Waals surface area contributed by atoms with Crippen LogP contribution < -0.4 is 10.6 Å². The quantitative estimate of drug-likeness (QED) is 0.861. The molecule has 1 heterocycles. The number of furan rings is 1. The molecule has 2 amide bonds. The molecule has 1 atom stereocenters. The molecule has 23 heavy (non-hydrogen) atoms. The summed E-state index contributed by atoms with van der Waals surface area (Å²) in [5, 5.41) is 5.71. The Labute approximate surface area is 136 Å². The molecule has 0 saturated carbocycles. The van der Waals surface area contributed by atoms with Gasteiger partial charge in [-0.15, -0.1) is 0 Å². The molecular weight excluding hydrogens is 292 g/mol. The van der Waals surface area contributed by atoms with E-state index in [4.69, 9.17) is 4.42 Å². The van der Waals surface area contributed by atoms with E-state index >= 15 is 0 Å². The summed E-state index contributed by atoms with van der Waals surface area (Å²) in [7, 11) is 0. The number of carbonyl (C=O) groups is 2. The van der Waals surface area contributed by atoms with Gasteiger partial charge in [-0.05, 0) is 50.1 Å². The van der Waals surface area contributed by atoms with Crippen molar-refractivity contribution in [2.45, 2.75) is 39.8 Å². The zero-order valence-corrected chi connectivity index (χ0v) is 13.7. The Morgan fingerprint density at radius 3 is 2.61 bits per heavy atom. The zero-order valence-electron chi connectivity index (χ0n) is 13.7. The lowest BCUT2D eigenvalue weighted by atomic mass is 10.1. The van der Waals surface area contributed by atoms with Gasteiger partial charge in [-0.2, -0.15) is 0 Å². The smallest absolute Gasteiger partial charge is 0.287 e. The fourth-order valence-electron chi connectivity index (χ4n) is 2.06. The number of hydrogen-bond acceptors (Lipinski definition) is 3. The van der Waals surface area contributed by atoms with E-state index < -0.39 is 0 Å². The van der Waals surface area contributed by atoms with Gasteiger partial charge in [0.2, 0.25) is 0 Å². The molecule has 2 N–H and O–H groups in total. The summed E-state index contributed by atoms with van der Waals surface area (Å²) in [6, 6.07) is 10.7. The zero-order chi connectivity index (χ0) is 16.8. The fourth-order valence-corrected chi connectivity index (χ4v) is 2.06. The first-order chi connectivity index (χ1) is 11.0. The molecule has 0 radical (unpaired) electrons. The standard InChI is InChI=1S/C18H22N2O3/c1-4-12(2)20-17(21)15-7-5-6-14(10-15)11-19-18(22)16-9-8-13(3)23-16/h5-10,12H,4,11H2,1-3H3,(H,19,22)(H,20,21)/t12-/m0/s1. The molecule has 0 aliphatic carbocycles. The second-order valence-corrected chi connectivity index (χ2v) is 5.58. The average molecular weight is 314 g/mol. The Bertz CT molecular complexity index is 691.